The fraction of sp³-hybridized carbons (Fsp3) is 0.619. The summed E-state index contributed by atoms with van der Waals surface area (Å²) < 4.78 is 28.0. The van der Waals surface area contributed by atoms with Crippen LogP contribution in [0.1, 0.15) is 30.4 Å². The van der Waals surface area contributed by atoms with E-state index in [0.29, 0.717) is 45.6 Å². The molecular weight excluding hydrogens is 404 g/mol. The molecule has 0 bridgehead atoms. The molecule has 166 valence electrons. The number of hydrogen-bond donors (Lipinski definition) is 1. The van der Waals surface area contributed by atoms with Gasteiger partial charge in [0.1, 0.15) is 0 Å². The van der Waals surface area contributed by atoms with E-state index in [1.54, 1.807) is 28.0 Å². The maximum Gasteiger partial charge on any atom is 0.243 e. The lowest BCUT2D eigenvalue weighted by Crippen LogP contribution is -2.50. The molecule has 1 N–H and O–H groups in total. The third-order valence-corrected chi connectivity index (χ3v) is 7.75. The minimum atomic E-state index is -3.82. The van der Waals surface area contributed by atoms with Crippen LogP contribution in [-0.4, -0.2) is 86.7 Å². The van der Waals surface area contributed by atoms with Gasteiger partial charge >= 0.3 is 0 Å². The van der Waals surface area contributed by atoms with Crippen molar-refractivity contribution in [3.05, 3.63) is 29.3 Å². The van der Waals surface area contributed by atoms with E-state index in [1.165, 1.54) is 4.31 Å². The van der Waals surface area contributed by atoms with E-state index in [9.17, 15) is 18.0 Å². The summed E-state index contributed by atoms with van der Waals surface area (Å²) in [5.41, 5.74) is 1.91. The molecule has 0 aromatic heterocycles. The number of sulfonamides is 1. The minimum absolute atomic E-state index is 0.121. The highest BCUT2D eigenvalue weighted by Crippen LogP contribution is 2.20. The lowest BCUT2D eigenvalue weighted by Gasteiger charge is -2.30. The molecule has 8 nitrogen and oxygen atoms in total. The zero-order valence-electron chi connectivity index (χ0n) is 17.9. The molecule has 2 amide bonds. The molecule has 3 rings (SSSR count). The van der Waals surface area contributed by atoms with Gasteiger partial charge in [0.05, 0.1) is 11.4 Å². The molecule has 0 aliphatic carbocycles. The SMILES string of the molecule is Cc1ccc(S(=O)(=O)N(CCCN2CCCC2=O)CC(=O)N2CCNCC2)cc1C. The van der Waals surface area contributed by atoms with Gasteiger partial charge in [0, 0.05) is 52.2 Å². The van der Waals surface area contributed by atoms with Crippen molar-refractivity contribution < 1.29 is 18.0 Å². The summed E-state index contributed by atoms with van der Waals surface area (Å²) >= 11 is 0. The second-order valence-electron chi connectivity index (χ2n) is 8.05. The highest BCUT2D eigenvalue weighted by molar-refractivity contribution is 7.89. The number of hydrogen-bond acceptors (Lipinski definition) is 5. The van der Waals surface area contributed by atoms with Crippen molar-refractivity contribution in [3.8, 4) is 0 Å². The van der Waals surface area contributed by atoms with Gasteiger partial charge in [-0.1, -0.05) is 6.07 Å². The second kappa shape index (κ2) is 9.89. The molecule has 0 spiro atoms. The number of aryl methyl sites for hydroxylation is 2. The number of carbonyl (C=O) groups excluding carboxylic acids is 2. The Balaban J connectivity index is 1.75. The zero-order chi connectivity index (χ0) is 21.7. The molecule has 2 fully saturated rings. The van der Waals surface area contributed by atoms with Crippen LogP contribution < -0.4 is 5.32 Å². The summed E-state index contributed by atoms with van der Waals surface area (Å²) in [6.07, 6.45) is 1.92. The van der Waals surface area contributed by atoms with E-state index >= 15 is 0 Å². The molecule has 1 aromatic carbocycles. The third-order valence-electron chi connectivity index (χ3n) is 5.90. The van der Waals surface area contributed by atoms with Crippen LogP contribution in [0.25, 0.3) is 0 Å². The van der Waals surface area contributed by atoms with E-state index in [1.807, 2.05) is 13.8 Å². The Morgan fingerprint density at radius 3 is 2.50 bits per heavy atom. The maximum absolute atomic E-state index is 13.4. The maximum atomic E-state index is 13.4. The highest BCUT2D eigenvalue weighted by Gasteiger charge is 2.29. The van der Waals surface area contributed by atoms with E-state index in [2.05, 4.69) is 5.32 Å². The first-order valence-electron chi connectivity index (χ1n) is 10.6. The molecule has 2 heterocycles. The predicted octanol–water partition coefficient (Wildman–Crippen LogP) is 0.738. The highest BCUT2D eigenvalue weighted by atomic mass is 32.2. The summed E-state index contributed by atoms with van der Waals surface area (Å²) in [5.74, 6) is -0.0587. The standard InChI is InChI=1S/C21H32N4O4S/c1-17-6-7-19(15-18(17)2)30(28,29)25(12-4-11-23-10-3-5-20(23)26)16-21(27)24-13-8-22-9-14-24/h6-7,15,22H,3-5,8-14,16H2,1-2H3. The Bertz CT molecular complexity index is 881. The van der Waals surface area contributed by atoms with Gasteiger partial charge in [-0.05, 0) is 49.9 Å². The van der Waals surface area contributed by atoms with Gasteiger partial charge in [0.25, 0.3) is 0 Å². The van der Waals surface area contributed by atoms with Gasteiger partial charge in [0.15, 0.2) is 0 Å². The van der Waals surface area contributed by atoms with Crippen LogP contribution in [-0.2, 0) is 19.6 Å². The van der Waals surface area contributed by atoms with Crippen molar-refractivity contribution in [3.63, 3.8) is 0 Å². The fourth-order valence-corrected chi connectivity index (χ4v) is 5.36. The van der Waals surface area contributed by atoms with E-state index in [4.69, 9.17) is 0 Å². The summed E-state index contributed by atoms with van der Waals surface area (Å²) in [7, 11) is -3.82. The van der Waals surface area contributed by atoms with Gasteiger partial charge in [-0.3, -0.25) is 9.59 Å². The number of nitrogens with one attached hydrogen (secondary N) is 1. The van der Waals surface area contributed by atoms with Gasteiger partial charge in [-0.25, -0.2) is 8.42 Å². The molecule has 0 radical (unpaired) electrons. The third kappa shape index (κ3) is 5.39. The average molecular weight is 437 g/mol. The Morgan fingerprint density at radius 2 is 1.87 bits per heavy atom. The Morgan fingerprint density at radius 1 is 1.13 bits per heavy atom. The van der Waals surface area contributed by atoms with Gasteiger partial charge < -0.3 is 15.1 Å². The van der Waals surface area contributed by atoms with Crippen molar-refractivity contribution >= 4 is 21.8 Å². The zero-order valence-corrected chi connectivity index (χ0v) is 18.7. The monoisotopic (exact) mass is 436 g/mol. The van der Waals surface area contributed by atoms with Gasteiger partial charge in [-0.2, -0.15) is 4.31 Å². The number of amides is 2. The molecule has 30 heavy (non-hydrogen) atoms. The van der Waals surface area contributed by atoms with Crippen molar-refractivity contribution in [2.45, 2.75) is 38.0 Å². The Hall–Kier alpha value is -1.97. The number of piperazine rings is 1. The van der Waals surface area contributed by atoms with Gasteiger partial charge in [-0.15, -0.1) is 0 Å². The van der Waals surface area contributed by atoms with Crippen molar-refractivity contribution in [2.75, 3.05) is 52.4 Å². The van der Waals surface area contributed by atoms with E-state index in [0.717, 1.165) is 24.1 Å². The van der Waals surface area contributed by atoms with Crippen LogP contribution in [0.4, 0.5) is 0 Å². The summed E-state index contributed by atoms with van der Waals surface area (Å²) in [5, 5.41) is 3.20. The van der Waals surface area contributed by atoms with Crippen molar-refractivity contribution in [1.29, 1.82) is 0 Å². The Labute approximate surface area is 179 Å². The van der Waals surface area contributed by atoms with Gasteiger partial charge in [0.2, 0.25) is 21.8 Å². The molecule has 0 saturated carbocycles. The fourth-order valence-electron chi connectivity index (χ4n) is 3.85. The first-order valence-corrected chi connectivity index (χ1v) is 12.1. The van der Waals surface area contributed by atoms with E-state index < -0.39 is 10.0 Å². The molecule has 2 saturated heterocycles. The number of likely N-dealkylation sites (tertiary alicyclic amines) is 1. The minimum Gasteiger partial charge on any atom is -0.343 e. The van der Waals surface area contributed by atoms with Crippen molar-refractivity contribution in [2.24, 2.45) is 0 Å². The van der Waals surface area contributed by atoms with E-state index in [-0.39, 0.29) is 29.8 Å². The first kappa shape index (κ1) is 22.7. The molecule has 2 aliphatic rings. The molecular formula is C21H32N4O4S. The molecule has 9 heteroatoms. The Kier molecular flexibility index (Phi) is 7.49. The lowest BCUT2D eigenvalue weighted by atomic mass is 10.1. The largest absolute Gasteiger partial charge is 0.343 e. The topological polar surface area (TPSA) is 90.0 Å². The normalized spacial score (nSPS) is 17.8. The number of carbonyl (C=O) groups is 2. The number of benzene rings is 1. The second-order valence-corrected chi connectivity index (χ2v) is 9.99. The lowest BCUT2D eigenvalue weighted by molar-refractivity contribution is -0.132. The molecule has 2 aliphatic heterocycles. The van der Waals surface area contributed by atoms with Crippen LogP contribution >= 0.6 is 0 Å². The summed E-state index contributed by atoms with van der Waals surface area (Å²) in [4.78, 5) is 28.3. The van der Waals surface area contributed by atoms with Crippen LogP contribution in [0.2, 0.25) is 0 Å². The predicted molar refractivity (Wildman–Crippen MR) is 115 cm³/mol. The summed E-state index contributed by atoms with van der Waals surface area (Å²) in [6.45, 7) is 7.67. The smallest absolute Gasteiger partial charge is 0.243 e. The van der Waals surface area contributed by atoms with Crippen molar-refractivity contribution in [1.82, 2.24) is 19.4 Å². The first-order chi connectivity index (χ1) is 14.3. The summed E-state index contributed by atoms with van der Waals surface area (Å²) in [6, 6.07) is 5.06. The van der Waals surface area contributed by atoms with Crippen LogP contribution in [0.15, 0.2) is 23.1 Å². The quantitative estimate of drug-likeness (QED) is 0.649. The molecule has 1 aromatic rings. The number of nitrogens with zero attached hydrogens (tertiary/aromatic N) is 3. The average Bonchev–Trinajstić information content (AvgIpc) is 3.14. The number of rotatable bonds is 8. The van der Waals surface area contributed by atoms with Crippen LogP contribution in [0.3, 0.4) is 0 Å². The molecule has 0 unspecified atom stereocenters. The van der Waals surface area contributed by atoms with Crippen LogP contribution in [0.5, 0.6) is 0 Å². The van der Waals surface area contributed by atoms with Crippen LogP contribution in [0, 0.1) is 13.8 Å². The molecule has 0 atom stereocenters.